The van der Waals surface area contributed by atoms with Gasteiger partial charge in [-0.1, -0.05) is 6.92 Å². The predicted octanol–water partition coefficient (Wildman–Crippen LogP) is 1.97. The van der Waals surface area contributed by atoms with E-state index >= 15 is 0 Å². The lowest BCUT2D eigenvalue weighted by Gasteiger charge is -2.24. The molecule has 0 fully saturated rings. The lowest BCUT2D eigenvalue weighted by Crippen LogP contribution is -2.30. The van der Waals surface area contributed by atoms with Gasteiger partial charge < -0.3 is 5.32 Å². The zero-order valence-corrected chi connectivity index (χ0v) is 8.95. The first-order valence-corrected chi connectivity index (χ1v) is 5.09. The lowest BCUT2D eigenvalue weighted by atomic mass is 9.88. The molecule has 0 radical (unpaired) electrons. The Hall–Kier alpha value is -1.64. The van der Waals surface area contributed by atoms with Crippen molar-refractivity contribution in [1.82, 2.24) is 10.3 Å². The summed E-state index contributed by atoms with van der Waals surface area (Å²) in [5.41, 5.74) is 3.33. The fourth-order valence-corrected chi connectivity index (χ4v) is 2.11. The molecular weight excluding hydrogens is 188 g/mol. The van der Waals surface area contributed by atoms with Crippen LogP contribution in [-0.4, -0.2) is 10.9 Å². The van der Waals surface area contributed by atoms with Gasteiger partial charge in [0.15, 0.2) is 0 Å². The molecule has 15 heavy (non-hydrogen) atoms. The van der Waals surface area contributed by atoms with Gasteiger partial charge in [0, 0.05) is 24.5 Å². The molecule has 1 N–H and O–H groups in total. The average molecular weight is 202 g/mol. The Balaban J connectivity index is 2.43. The van der Waals surface area contributed by atoms with Gasteiger partial charge in [0.2, 0.25) is 5.91 Å². The third kappa shape index (κ3) is 1.91. The second-order valence-electron chi connectivity index (χ2n) is 3.93. The van der Waals surface area contributed by atoms with Crippen molar-refractivity contribution in [3.05, 3.63) is 35.8 Å². The molecule has 1 unspecified atom stereocenters. The van der Waals surface area contributed by atoms with E-state index in [2.05, 4.69) is 17.2 Å². The second-order valence-corrected chi connectivity index (χ2v) is 3.93. The fraction of sp³-hybridized carbons (Fsp3) is 0.333. The normalized spacial score (nSPS) is 21.5. The standard InChI is InChI=1S/C12H14N2O/c1-8-7-11(15)14-9(2)12(8)10-3-5-13-6-4-10/h3-6,8H,7H2,1-2H3,(H,14,15). The molecule has 3 nitrogen and oxygen atoms in total. The van der Waals surface area contributed by atoms with E-state index in [9.17, 15) is 4.79 Å². The van der Waals surface area contributed by atoms with Crippen LogP contribution in [0, 0.1) is 5.92 Å². The van der Waals surface area contributed by atoms with Crippen LogP contribution in [0.5, 0.6) is 0 Å². The summed E-state index contributed by atoms with van der Waals surface area (Å²) in [6, 6.07) is 3.96. The molecule has 0 aliphatic carbocycles. The molecule has 2 rings (SSSR count). The fourth-order valence-electron chi connectivity index (χ4n) is 2.11. The number of aromatic nitrogens is 1. The number of carbonyl (C=O) groups excluding carboxylic acids is 1. The molecule has 2 heterocycles. The van der Waals surface area contributed by atoms with E-state index in [0.717, 1.165) is 11.3 Å². The Morgan fingerprint density at radius 1 is 1.40 bits per heavy atom. The van der Waals surface area contributed by atoms with Crippen LogP contribution in [0.2, 0.25) is 0 Å². The van der Waals surface area contributed by atoms with E-state index in [0.29, 0.717) is 6.42 Å². The van der Waals surface area contributed by atoms with Gasteiger partial charge >= 0.3 is 0 Å². The Kier molecular flexibility index (Phi) is 2.54. The summed E-state index contributed by atoms with van der Waals surface area (Å²) in [6.45, 7) is 4.03. The van der Waals surface area contributed by atoms with Crippen LogP contribution in [0.3, 0.4) is 0 Å². The highest BCUT2D eigenvalue weighted by atomic mass is 16.1. The molecule has 1 aromatic rings. The number of hydrogen-bond donors (Lipinski definition) is 1. The molecule has 78 valence electrons. The molecule has 1 amide bonds. The molecule has 0 spiro atoms. The molecular formula is C12H14N2O. The van der Waals surface area contributed by atoms with Gasteiger partial charge in [-0.05, 0) is 36.1 Å². The maximum Gasteiger partial charge on any atom is 0.224 e. The maximum absolute atomic E-state index is 11.3. The minimum absolute atomic E-state index is 0.109. The van der Waals surface area contributed by atoms with E-state index in [1.807, 2.05) is 19.1 Å². The van der Waals surface area contributed by atoms with Gasteiger partial charge in [-0.15, -0.1) is 0 Å². The molecule has 1 aliphatic rings. The third-order valence-corrected chi connectivity index (χ3v) is 2.71. The first-order chi connectivity index (χ1) is 7.18. The zero-order valence-electron chi connectivity index (χ0n) is 8.95. The van der Waals surface area contributed by atoms with Crippen LogP contribution < -0.4 is 5.32 Å². The van der Waals surface area contributed by atoms with Crippen LogP contribution in [0.15, 0.2) is 30.2 Å². The Labute approximate surface area is 89.2 Å². The van der Waals surface area contributed by atoms with Crippen molar-refractivity contribution in [2.45, 2.75) is 20.3 Å². The SMILES string of the molecule is CC1=C(c2ccncc2)C(C)CC(=O)N1. The van der Waals surface area contributed by atoms with E-state index < -0.39 is 0 Å². The maximum atomic E-state index is 11.3. The van der Waals surface area contributed by atoms with Crippen LogP contribution in [0.4, 0.5) is 0 Å². The van der Waals surface area contributed by atoms with Crippen molar-refractivity contribution in [1.29, 1.82) is 0 Å². The number of pyridine rings is 1. The zero-order chi connectivity index (χ0) is 10.8. The first-order valence-electron chi connectivity index (χ1n) is 5.09. The van der Waals surface area contributed by atoms with Crippen LogP contribution in [0.1, 0.15) is 25.8 Å². The van der Waals surface area contributed by atoms with Gasteiger partial charge in [0.25, 0.3) is 0 Å². The van der Waals surface area contributed by atoms with E-state index in [1.54, 1.807) is 12.4 Å². The summed E-state index contributed by atoms with van der Waals surface area (Å²) in [7, 11) is 0. The molecule has 1 atom stereocenters. The second kappa shape index (κ2) is 3.85. The van der Waals surface area contributed by atoms with Gasteiger partial charge in [-0.25, -0.2) is 0 Å². The number of nitrogens with one attached hydrogen (secondary N) is 1. The molecule has 0 saturated carbocycles. The number of allylic oxidation sites excluding steroid dienone is 2. The summed E-state index contributed by atoms with van der Waals surface area (Å²) in [6.07, 6.45) is 4.12. The topological polar surface area (TPSA) is 42.0 Å². The minimum Gasteiger partial charge on any atom is -0.330 e. The highest BCUT2D eigenvalue weighted by Crippen LogP contribution is 2.30. The number of carbonyl (C=O) groups is 1. The molecule has 0 bridgehead atoms. The van der Waals surface area contributed by atoms with Crippen LogP contribution in [0.25, 0.3) is 5.57 Å². The lowest BCUT2D eigenvalue weighted by molar-refractivity contribution is -0.121. The van der Waals surface area contributed by atoms with Crippen LogP contribution in [-0.2, 0) is 4.79 Å². The largest absolute Gasteiger partial charge is 0.330 e. The van der Waals surface area contributed by atoms with Crippen molar-refractivity contribution in [3.8, 4) is 0 Å². The van der Waals surface area contributed by atoms with Crippen molar-refractivity contribution in [3.63, 3.8) is 0 Å². The quantitative estimate of drug-likeness (QED) is 0.756. The van der Waals surface area contributed by atoms with E-state index in [4.69, 9.17) is 0 Å². The number of hydrogen-bond acceptors (Lipinski definition) is 2. The van der Waals surface area contributed by atoms with E-state index in [-0.39, 0.29) is 11.8 Å². The monoisotopic (exact) mass is 202 g/mol. The molecule has 0 saturated heterocycles. The van der Waals surface area contributed by atoms with Gasteiger partial charge in [-0.3, -0.25) is 9.78 Å². The minimum atomic E-state index is 0.109. The number of rotatable bonds is 1. The Morgan fingerprint density at radius 2 is 2.07 bits per heavy atom. The summed E-state index contributed by atoms with van der Waals surface area (Å²) < 4.78 is 0. The summed E-state index contributed by atoms with van der Waals surface area (Å²) >= 11 is 0. The van der Waals surface area contributed by atoms with Crippen LogP contribution >= 0.6 is 0 Å². The number of nitrogens with zero attached hydrogens (tertiary/aromatic N) is 1. The summed E-state index contributed by atoms with van der Waals surface area (Å²) in [5.74, 6) is 0.388. The summed E-state index contributed by atoms with van der Waals surface area (Å²) in [4.78, 5) is 15.3. The Bertz CT molecular complexity index is 409. The van der Waals surface area contributed by atoms with Crippen molar-refractivity contribution >= 4 is 11.5 Å². The molecule has 3 heteroatoms. The smallest absolute Gasteiger partial charge is 0.224 e. The van der Waals surface area contributed by atoms with Crippen molar-refractivity contribution < 1.29 is 4.79 Å². The molecule has 1 aromatic heterocycles. The van der Waals surface area contributed by atoms with Gasteiger partial charge in [0.05, 0.1) is 0 Å². The van der Waals surface area contributed by atoms with Crippen molar-refractivity contribution in [2.24, 2.45) is 5.92 Å². The Morgan fingerprint density at radius 3 is 2.67 bits per heavy atom. The summed E-state index contributed by atoms with van der Waals surface area (Å²) in [5, 5.41) is 2.88. The first kappa shape index (κ1) is 9.90. The third-order valence-electron chi connectivity index (χ3n) is 2.71. The molecule has 0 aromatic carbocycles. The average Bonchev–Trinajstić information content (AvgIpc) is 2.17. The predicted molar refractivity (Wildman–Crippen MR) is 58.8 cm³/mol. The van der Waals surface area contributed by atoms with Gasteiger partial charge in [0.1, 0.15) is 0 Å². The van der Waals surface area contributed by atoms with E-state index in [1.165, 1.54) is 5.57 Å². The van der Waals surface area contributed by atoms with Gasteiger partial charge in [-0.2, -0.15) is 0 Å². The highest BCUT2D eigenvalue weighted by Gasteiger charge is 2.22. The van der Waals surface area contributed by atoms with Crippen molar-refractivity contribution in [2.75, 3.05) is 0 Å². The highest BCUT2D eigenvalue weighted by molar-refractivity contribution is 5.87. The molecule has 1 aliphatic heterocycles. The number of amides is 1.